The number of carbonyl (C=O) groups is 3. The predicted octanol–water partition coefficient (Wildman–Crippen LogP) is 5.55. The highest BCUT2D eigenvalue weighted by Gasteiger charge is 2.31. The van der Waals surface area contributed by atoms with Crippen molar-refractivity contribution in [3.63, 3.8) is 0 Å². The number of hydrogen-bond acceptors (Lipinski definition) is 4. The van der Waals surface area contributed by atoms with Gasteiger partial charge >= 0.3 is 5.97 Å². The number of aromatic nitrogens is 1. The monoisotopic (exact) mass is 601 g/mol. The van der Waals surface area contributed by atoms with Crippen LogP contribution in [0.25, 0.3) is 22.0 Å². The molecule has 8 nitrogen and oxygen atoms in total. The van der Waals surface area contributed by atoms with Gasteiger partial charge in [0.2, 0.25) is 0 Å². The Kier molecular flexibility index (Phi) is 8.75. The summed E-state index contributed by atoms with van der Waals surface area (Å²) < 4.78 is 0. The van der Waals surface area contributed by atoms with Crippen LogP contribution < -0.4 is 0 Å². The van der Waals surface area contributed by atoms with E-state index in [0.29, 0.717) is 48.2 Å². The third kappa shape index (κ3) is 6.23. The molecule has 0 aliphatic carbocycles. The first kappa shape index (κ1) is 29.8. The van der Waals surface area contributed by atoms with Crippen LogP contribution in [0.5, 0.6) is 0 Å². The number of hydrogen-bond donors (Lipinski definition) is 3. The maximum Gasteiger partial charge on any atom is 0.305 e. The summed E-state index contributed by atoms with van der Waals surface area (Å²) in [6, 6.07) is 29.9. The third-order valence-electron chi connectivity index (χ3n) is 8.64. The van der Waals surface area contributed by atoms with Crippen LogP contribution >= 0.6 is 0 Å². The zero-order chi connectivity index (χ0) is 31.3. The maximum atomic E-state index is 14.2. The molecule has 4 aromatic carbocycles. The summed E-state index contributed by atoms with van der Waals surface area (Å²) in [5.41, 5.74) is 6.25. The zero-order valence-electron chi connectivity index (χ0n) is 24.9. The number of H-pyrrole nitrogens is 1. The number of carboxylic acid groups (broad SMARTS) is 1. The van der Waals surface area contributed by atoms with Crippen LogP contribution in [0.3, 0.4) is 0 Å². The minimum absolute atomic E-state index is 0.0524. The molecule has 1 aliphatic heterocycles. The average molecular weight is 602 g/mol. The molecule has 3 N–H and O–H groups in total. The van der Waals surface area contributed by atoms with Gasteiger partial charge in [0.1, 0.15) is 0 Å². The van der Waals surface area contributed by atoms with Gasteiger partial charge in [-0.15, -0.1) is 0 Å². The maximum absolute atomic E-state index is 14.2. The highest BCUT2D eigenvalue weighted by atomic mass is 16.4. The van der Waals surface area contributed by atoms with Crippen molar-refractivity contribution in [3.05, 3.63) is 131 Å². The first-order chi connectivity index (χ1) is 21.9. The molecule has 45 heavy (non-hydrogen) atoms. The van der Waals surface area contributed by atoms with Gasteiger partial charge in [-0.3, -0.25) is 14.4 Å². The smallest absolute Gasteiger partial charge is 0.305 e. The lowest BCUT2D eigenvalue weighted by molar-refractivity contribution is -0.137. The van der Waals surface area contributed by atoms with Crippen molar-refractivity contribution in [2.24, 2.45) is 0 Å². The SMILES string of the molecule is O=C(O)CCN(CCc1c[nH]c2ccccc12)C(=O)c1ccccc1-c1ccccc1C(=O)N1Cc2ccccc2C[C@H]1CO. The van der Waals surface area contributed by atoms with Crippen LogP contribution in [0.15, 0.2) is 103 Å². The fourth-order valence-corrected chi connectivity index (χ4v) is 6.26. The normalized spacial score (nSPS) is 14.2. The Labute approximate surface area is 261 Å². The van der Waals surface area contributed by atoms with Crippen LogP contribution in [0.4, 0.5) is 0 Å². The molecule has 2 amide bonds. The number of rotatable bonds is 10. The van der Waals surface area contributed by atoms with Crippen molar-refractivity contribution in [1.29, 1.82) is 0 Å². The molecule has 0 radical (unpaired) electrons. The van der Waals surface area contributed by atoms with E-state index < -0.39 is 5.97 Å². The largest absolute Gasteiger partial charge is 0.481 e. The summed E-state index contributed by atoms with van der Waals surface area (Å²) >= 11 is 0. The molecule has 6 rings (SSSR count). The Hall–Kier alpha value is -5.21. The van der Waals surface area contributed by atoms with Crippen LogP contribution in [-0.4, -0.2) is 68.5 Å². The Bertz CT molecular complexity index is 1860. The van der Waals surface area contributed by atoms with Gasteiger partial charge < -0.3 is 25.0 Å². The molecular weight excluding hydrogens is 566 g/mol. The van der Waals surface area contributed by atoms with Crippen LogP contribution in [0.2, 0.25) is 0 Å². The summed E-state index contributed by atoms with van der Waals surface area (Å²) in [7, 11) is 0. The number of benzene rings is 4. The van der Waals surface area contributed by atoms with Crippen molar-refractivity contribution < 1.29 is 24.6 Å². The van der Waals surface area contributed by atoms with Crippen molar-refractivity contribution in [1.82, 2.24) is 14.8 Å². The molecule has 0 fully saturated rings. The molecule has 228 valence electrons. The third-order valence-corrected chi connectivity index (χ3v) is 8.64. The first-order valence-corrected chi connectivity index (χ1v) is 15.2. The Morgan fingerprint density at radius 1 is 0.800 bits per heavy atom. The lowest BCUT2D eigenvalue weighted by Gasteiger charge is -2.36. The minimum atomic E-state index is -0.981. The number of carbonyl (C=O) groups excluding carboxylic acids is 2. The molecule has 0 saturated heterocycles. The van der Waals surface area contributed by atoms with E-state index in [1.807, 2.05) is 79.0 Å². The average Bonchev–Trinajstić information content (AvgIpc) is 3.50. The molecule has 1 aromatic heterocycles. The van der Waals surface area contributed by atoms with Crippen molar-refractivity contribution in [2.75, 3.05) is 19.7 Å². The number of para-hydroxylation sites is 1. The molecule has 0 saturated carbocycles. The number of carboxylic acids is 1. The van der Waals surface area contributed by atoms with Crippen molar-refractivity contribution in [2.45, 2.75) is 31.8 Å². The molecule has 8 heteroatoms. The molecule has 0 bridgehead atoms. The minimum Gasteiger partial charge on any atom is -0.481 e. The highest BCUT2D eigenvalue weighted by Crippen LogP contribution is 2.32. The topological polar surface area (TPSA) is 114 Å². The van der Waals surface area contributed by atoms with Gasteiger partial charge in [0.05, 0.1) is 19.1 Å². The molecule has 2 heterocycles. The van der Waals surface area contributed by atoms with Crippen molar-refractivity contribution in [3.8, 4) is 11.1 Å². The Morgan fingerprint density at radius 2 is 1.44 bits per heavy atom. The zero-order valence-corrected chi connectivity index (χ0v) is 24.9. The van der Waals surface area contributed by atoms with E-state index in [1.165, 1.54) is 0 Å². The molecule has 0 unspecified atom stereocenters. The number of amides is 2. The van der Waals surface area contributed by atoms with Crippen LogP contribution in [0, 0.1) is 0 Å². The second-order valence-electron chi connectivity index (χ2n) is 11.4. The van der Waals surface area contributed by atoms with Gasteiger partial charge in [0.25, 0.3) is 11.8 Å². The fraction of sp³-hybridized carbons (Fsp3) is 0.216. The summed E-state index contributed by atoms with van der Waals surface area (Å²) in [5.74, 6) is -1.50. The second-order valence-corrected chi connectivity index (χ2v) is 11.4. The summed E-state index contributed by atoms with van der Waals surface area (Å²) in [5, 5.41) is 20.8. The second kappa shape index (κ2) is 13.2. The van der Waals surface area contributed by atoms with E-state index in [9.17, 15) is 24.6 Å². The van der Waals surface area contributed by atoms with Crippen LogP contribution in [-0.2, 0) is 24.2 Å². The number of nitrogens with one attached hydrogen (secondary N) is 1. The van der Waals surface area contributed by atoms with Gasteiger partial charge in [0, 0.05) is 47.9 Å². The van der Waals surface area contributed by atoms with Gasteiger partial charge in [-0.1, -0.05) is 78.9 Å². The summed E-state index contributed by atoms with van der Waals surface area (Å²) in [6.07, 6.45) is 2.85. The van der Waals surface area contributed by atoms with E-state index in [2.05, 4.69) is 4.98 Å². The van der Waals surface area contributed by atoms with Crippen LogP contribution in [0.1, 0.15) is 43.8 Å². The lowest BCUT2D eigenvalue weighted by atomic mass is 9.91. The van der Waals surface area contributed by atoms with Gasteiger partial charge in [-0.05, 0) is 58.9 Å². The predicted molar refractivity (Wildman–Crippen MR) is 173 cm³/mol. The molecule has 5 aromatic rings. The van der Waals surface area contributed by atoms with E-state index in [1.54, 1.807) is 34.1 Å². The quantitative estimate of drug-likeness (QED) is 0.194. The van der Waals surface area contributed by atoms with E-state index in [4.69, 9.17) is 0 Å². The lowest BCUT2D eigenvalue weighted by Crippen LogP contribution is -2.46. The van der Waals surface area contributed by atoms with Gasteiger partial charge in [0.15, 0.2) is 0 Å². The summed E-state index contributed by atoms with van der Waals surface area (Å²) in [4.78, 5) is 46.5. The van der Waals surface area contributed by atoms with Gasteiger partial charge in [-0.2, -0.15) is 0 Å². The number of aliphatic hydroxyl groups excluding tert-OH is 1. The van der Waals surface area contributed by atoms with E-state index >= 15 is 0 Å². The van der Waals surface area contributed by atoms with Crippen molar-refractivity contribution >= 4 is 28.7 Å². The summed E-state index contributed by atoms with van der Waals surface area (Å²) in [6.45, 7) is 0.600. The molecular formula is C37H35N3O5. The van der Waals surface area contributed by atoms with E-state index in [-0.39, 0.29) is 37.4 Å². The number of nitrogens with zero attached hydrogens (tertiary/aromatic N) is 2. The molecule has 1 aliphatic rings. The Morgan fingerprint density at radius 3 is 2.20 bits per heavy atom. The number of aliphatic carboxylic acids is 1. The Balaban J connectivity index is 1.32. The number of aromatic amines is 1. The first-order valence-electron chi connectivity index (χ1n) is 15.2. The standard InChI is InChI=1S/C37H35N3O5/c41-24-28-21-25-9-1-2-10-27(25)23-40(28)37(45)33-15-6-4-13-31(33)30-12-3-5-14-32(30)36(44)39(20-18-35(42)43)19-17-26-22-38-34-16-8-7-11-29(26)34/h1-16,22,28,38,41H,17-21,23-24H2,(H,42,43)/t28-/m0/s1. The highest BCUT2D eigenvalue weighted by molar-refractivity contribution is 6.06. The molecule has 0 spiro atoms. The number of aliphatic hydroxyl groups is 1. The number of fused-ring (bicyclic) bond motifs is 2. The fourth-order valence-electron chi connectivity index (χ4n) is 6.26. The van der Waals surface area contributed by atoms with E-state index in [0.717, 1.165) is 27.6 Å². The van der Waals surface area contributed by atoms with Gasteiger partial charge in [-0.25, -0.2) is 0 Å². The molecule has 1 atom stereocenters.